The normalized spacial score (nSPS) is 22.2. The van der Waals surface area contributed by atoms with Crippen LogP contribution < -0.4 is 16.4 Å². The van der Waals surface area contributed by atoms with Crippen molar-refractivity contribution in [3.63, 3.8) is 0 Å². The van der Waals surface area contributed by atoms with Crippen molar-refractivity contribution in [3.8, 4) is 0 Å². The van der Waals surface area contributed by atoms with Crippen molar-refractivity contribution in [1.29, 1.82) is 0 Å². The van der Waals surface area contributed by atoms with E-state index in [-0.39, 0.29) is 35.9 Å². The topological polar surface area (TPSA) is 97.4 Å². The third-order valence-corrected chi connectivity index (χ3v) is 4.73. The fourth-order valence-electron chi connectivity index (χ4n) is 3.26. The number of hydrogen-bond donors (Lipinski definition) is 3. The van der Waals surface area contributed by atoms with E-state index in [1.807, 2.05) is 6.92 Å². The van der Waals surface area contributed by atoms with Crippen molar-refractivity contribution in [2.45, 2.75) is 38.1 Å². The van der Waals surface area contributed by atoms with Gasteiger partial charge in [0.05, 0.1) is 12.2 Å². The van der Waals surface area contributed by atoms with Gasteiger partial charge in [-0.05, 0) is 56.2 Å². The van der Waals surface area contributed by atoms with Gasteiger partial charge in [-0.25, -0.2) is 0 Å². The number of carbonyl (C=O) groups is 2. The Balaban J connectivity index is 0.00000243. The molecule has 6 nitrogen and oxygen atoms in total. The van der Waals surface area contributed by atoms with Gasteiger partial charge in [0.1, 0.15) is 0 Å². The summed E-state index contributed by atoms with van der Waals surface area (Å²) >= 11 is 0. The molecule has 1 fully saturated rings. The zero-order chi connectivity index (χ0) is 17.9. The SMILES string of the molecule is CC1(N)CCCCC1C(=O)Nc1ccc(NC(=O)c2ccco2)cc1.Cl. The lowest BCUT2D eigenvalue weighted by atomic mass is 9.74. The molecule has 3 rings (SSSR count). The molecule has 1 aromatic carbocycles. The van der Waals surface area contributed by atoms with Crippen LogP contribution in [0, 0.1) is 5.92 Å². The molecule has 4 N–H and O–H groups in total. The van der Waals surface area contributed by atoms with Crippen LogP contribution in [-0.2, 0) is 4.79 Å². The Labute approximate surface area is 158 Å². The van der Waals surface area contributed by atoms with Crippen LogP contribution in [0.3, 0.4) is 0 Å². The number of carbonyl (C=O) groups excluding carboxylic acids is 2. The molecular weight excluding hydrogens is 354 g/mol. The van der Waals surface area contributed by atoms with Gasteiger partial charge in [0.2, 0.25) is 5.91 Å². The number of hydrogen-bond acceptors (Lipinski definition) is 4. The van der Waals surface area contributed by atoms with E-state index in [1.54, 1.807) is 36.4 Å². The van der Waals surface area contributed by atoms with Crippen molar-refractivity contribution < 1.29 is 14.0 Å². The Hall–Kier alpha value is -2.31. The van der Waals surface area contributed by atoms with Crippen LogP contribution in [0.5, 0.6) is 0 Å². The van der Waals surface area contributed by atoms with Crippen molar-refractivity contribution >= 4 is 35.6 Å². The van der Waals surface area contributed by atoms with Crippen molar-refractivity contribution in [3.05, 3.63) is 48.4 Å². The minimum Gasteiger partial charge on any atom is -0.459 e. The number of amides is 2. The van der Waals surface area contributed by atoms with Gasteiger partial charge in [-0.3, -0.25) is 9.59 Å². The van der Waals surface area contributed by atoms with Crippen molar-refractivity contribution in [2.75, 3.05) is 10.6 Å². The summed E-state index contributed by atoms with van der Waals surface area (Å²) in [5.74, 6) is -0.295. The molecule has 0 spiro atoms. The van der Waals surface area contributed by atoms with Crippen LogP contribution in [0.1, 0.15) is 43.2 Å². The van der Waals surface area contributed by atoms with Crippen LogP contribution in [-0.4, -0.2) is 17.4 Å². The number of halogens is 1. The summed E-state index contributed by atoms with van der Waals surface area (Å²) in [4.78, 5) is 24.5. The lowest BCUT2D eigenvalue weighted by molar-refractivity contribution is -0.122. The number of benzene rings is 1. The highest BCUT2D eigenvalue weighted by molar-refractivity contribution is 6.02. The monoisotopic (exact) mass is 377 g/mol. The summed E-state index contributed by atoms with van der Waals surface area (Å²) in [5.41, 5.74) is 7.13. The first-order valence-corrected chi connectivity index (χ1v) is 8.50. The van der Waals surface area contributed by atoms with Gasteiger partial charge >= 0.3 is 0 Å². The standard InChI is InChI=1S/C19H23N3O3.ClH/c1-19(20)11-3-2-5-15(19)17(23)21-13-7-9-14(10-8-13)22-18(24)16-6-4-12-25-16;/h4,6-10,12,15H,2-3,5,11,20H2,1H3,(H,21,23)(H,22,24);1H. The molecule has 0 bridgehead atoms. The van der Waals surface area contributed by atoms with Crippen LogP contribution in [0.25, 0.3) is 0 Å². The first kappa shape index (κ1) is 20.0. The Morgan fingerprint density at radius 1 is 1.12 bits per heavy atom. The predicted octanol–water partition coefficient (Wildman–Crippen LogP) is 3.80. The third kappa shape index (κ3) is 4.65. The van der Waals surface area contributed by atoms with E-state index in [2.05, 4.69) is 10.6 Å². The number of rotatable bonds is 4. The lowest BCUT2D eigenvalue weighted by Crippen LogP contribution is -2.51. The van der Waals surface area contributed by atoms with Gasteiger partial charge in [-0.2, -0.15) is 0 Å². The van der Waals surface area contributed by atoms with E-state index in [4.69, 9.17) is 10.2 Å². The first-order chi connectivity index (χ1) is 12.0. The molecule has 0 radical (unpaired) electrons. The second-order valence-corrected chi connectivity index (χ2v) is 6.80. The number of nitrogens with one attached hydrogen (secondary N) is 2. The van der Waals surface area contributed by atoms with Gasteiger partial charge in [-0.15, -0.1) is 12.4 Å². The van der Waals surface area contributed by atoms with Crippen LogP contribution in [0.2, 0.25) is 0 Å². The Morgan fingerprint density at radius 3 is 2.35 bits per heavy atom. The lowest BCUT2D eigenvalue weighted by Gasteiger charge is -2.37. The molecular formula is C19H24ClN3O3. The molecule has 1 aromatic heterocycles. The fourth-order valence-corrected chi connectivity index (χ4v) is 3.26. The summed E-state index contributed by atoms with van der Waals surface area (Å²) < 4.78 is 5.05. The minimum absolute atomic E-state index is 0. The smallest absolute Gasteiger partial charge is 0.291 e. The molecule has 140 valence electrons. The summed E-state index contributed by atoms with van der Waals surface area (Å²) in [6.45, 7) is 1.95. The molecule has 26 heavy (non-hydrogen) atoms. The quantitative estimate of drug-likeness (QED) is 0.754. The van der Waals surface area contributed by atoms with E-state index in [0.29, 0.717) is 11.4 Å². The fraction of sp³-hybridized carbons (Fsp3) is 0.368. The van der Waals surface area contributed by atoms with E-state index in [9.17, 15) is 9.59 Å². The number of nitrogens with two attached hydrogens (primary N) is 1. The van der Waals surface area contributed by atoms with Gasteiger partial charge in [0.15, 0.2) is 5.76 Å². The van der Waals surface area contributed by atoms with Gasteiger partial charge in [-0.1, -0.05) is 12.8 Å². The van der Waals surface area contributed by atoms with Crippen LogP contribution in [0.4, 0.5) is 11.4 Å². The van der Waals surface area contributed by atoms with E-state index >= 15 is 0 Å². The van der Waals surface area contributed by atoms with E-state index in [1.165, 1.54) is 6.26 Å². The van der Waals surface area contributed by atoms with Gasteiger partial charge in [0, 0.05) is 16.9 Å². The molecule has 7 heteroatoms. The second kappa shape index (κ2) is 8.38. The van der Waals surface area contributed by atoms with Gasteiger partial charge in [0.25, 0.3) is 5.91 Å². The Bertz CT molecular complexity index is 742. The zero-order valence-electron chi connectivity index (χ0n) is 14.7. The summed E-state index contributed by atoms with van der Waals surface area (Å²) in [5, 5.41) is 5.66. The molecule has 1 aliphatic carbocycles. The molecule has 1 saturated carbocycles. The minimum atomic E-state index is -0.459. The zero-order valence-corrected chi connectivity index (χ0v) is 15.5. The maximum absolute atomic E-state index is 12.5. The Morgan fingerprint density at radius 2 is 1.77 bits per heavy atom. The molecule has 2 aromatic rings. The van der Waals surface area contributed by atoms with Crippen molar-refractivity contribution in [1.82, 2.24) is 0 Å². The summed E-state index contributed by atoms with van der Waals surface area (Å²) in [6, 6.07) is 10.2. The maximum Gasteiger partial charge on any atom is 0.291 e. The highest BCUT2D eigenvalue weighted by Crippen LogP contribution is 2.32. The second-order valence-electron chi connectivity index (χ2n) is 6.80. The molecule has 0 saturated heterocycles. The molecule has 2 amide bonds. The van der Waals surface area contributed by atoms with Crippen molar-refractivity contribution in [2.24, 2.45) is 11.7 Å². The molecule has 2 unspecified atom stereocenters. The number of furan rings is 1. The summed E-state index contributed by atoms with van der Waals surface area (Å²) in [7, 11) is 0. The molecule has 2 atom stereocenters. The van der Waals surface area contributed by atoms with Crippen LogP contribution in [0.15, 0.2) is 47.1 Å². The first-order valence-electron chi connectivity index (χ1n) is 8.50. The molecule has 0 aliphatic heterocycles. The molecule has 1 aliphatic rings. The largest absolute Gasteiger partial charge is 0.459 e. The van der Waals surface area contributed by atoms with E-state index < -0.39 is 5.54 Å². The third-order valence-electron chi connectivity index (χ3n) is 4.73. The average Bonchev–Trinajstić information content (AvgIpc) is 3.11. The Kier molecular flexibility index (Phi) is 6.45. The highest BCUT2D eigenvalue weighted by Gasteiger charge is 2.37. The molecule has 1 heterocycles. The summed E-state index contributed by atoms with van der Waals surface area (Å²) in [6.07, 6.45) is 5.23. The highest BCUT2D eigenvalue weighted by atomic mass is 35.5. The van der Waals surface area contributed by atoms with Crippen LogP contribution >= 0.6 is 12.4 Å². The maximum atomic E-state index is 12.5. The van der Waals surface area contributed by atoms with E-state index in [0.717, 1.165) is 25.7 Å². The van der Waals surface area contributed by atoms with Gasteiger partial charge < -0.3 is 20.8 Å². The predicted molar refractivity (Wildman–Crippen MR) is 104 cm³/mol. The average molecular weight is 378 g/mol. The number of anilines is 2.